The first-order valence-corrected chi connectivity index (χ1v) is 9.37. The van der Waals surface area contributed by atoms with Gasteiger partial charge in [-0.15, -0.1) is 0 Å². The van der Waals surface area contributed by atoms with Gasteiger partial charge in [0.15, 0.2) is 0 Å². The number of amides is 1. The van der Waals surface area contributed by atoms with Crippen LogP contribution in [0.15, 0.2) is 42.5 Å². The summed E-state index contributed by atoms with van der Waals surface area (Å²) < 4.78 is 5.92. The van der Waals surface area contributed by atoms with Gasteiger partial charge in [-0.3, -0.25) is 4.79 Å². The van der Waals surface area contributed by atoms with Gasteiger partial charge in [-0.05, 0) is 74.1 Å². The summed E-state index contributed by atoms with van der Waals surface area (Å²) in [7, 11) is 0. The van der Waals surface area contributed by atoms with Gasteiger partial charge in [0.25, 0.3) is 0 Å². The number of halogens is 2. The predicted molar refractivity (Wildman–Crippen MR) is 103 cm³/mol. The Bertz CT molecular complexity index is 705. The summed E-state index contributed by atoms with van der Waals surface area (Å²) in [6.45, 7) is 0. The molecule has 3 rings (SSSR count). The topological polar surface area (TPSA) is 38.3 Å². The molecule has 132 valence electrons. The Kier molecular flexibility index (Phi) is 6.22. The van der Waals surface area contributed by atoms with E-state index >= 15 is 0 Å². The van der Waals surface area contributed by atoms with E-state index in [9.17, 15) is 4.79 Å². The van der Waals surface area contributed by atoms with E-state index in [1.54, 1.807) is 18.2 Å². The van der Waals surface area contributed by atoms with Crippen LogP contribution in [0.2, 0.25) is 10.0 Å². The molecule has 1 aliphatic carbocycles. The van der Waals surface area contributed by atoms with Crippen LogP contribution in [0.25, 0.3) is 0 Å². The number of carbonyl (C=O) groups excluding carboxylic acids is 1. The molecule has 1 fully saturated rings. The van der Waals surface area contributed by atoms with E-state index in [2.05, 4.69) is 5.32 Å². The third kappa shape index (κ3) is 5.13. The zero-order chi connectivity index (χ0) is 17.6. The van der Waals surface area contributed by atoms with Gasteiger partial charge >= 0.3 is 0 Å². The number of ether oxygens (including phenoxy) is 1. The largest absolute Gasteiger partial charge is 0.490 e. The molecule has 5 heteroatoms. The van der Waals surface area contributed by atoms with Crippen LogP contribution in [0.3, 0.4) is 0 Å². The third-order valence-electron chi connectivity index (χ3n) is 4.41. The van der Waals surface area contributed by atoms with E-state index in [1.165, 1.54) is 12.8 Å². The van der Waals surface area contributed by atoms with Crippen molar-refractivity contribution < 1.29 is 9.53 Å². The van der Waals surface area contributed by atoms with Crippen molar-refractivity contribution in [1.82, 2.24) is 0 Å². The summed E-state index contributed by atoms with van der Waals surface area (Å²) in [5.41, 5.74) is 1.57. The van der Waals surface area contributed by atoms with Crippen LogP contribution in [0.1, 0.15) is 37.7 Å². The Balaban J connectivity index is 1.50. The first-order valence-electron chi connectivity index (χ1n) is 8.61. The SMILES string of the molecule is O=C(CCc1c(Cl)cccc1Cl)Nc1ccc(OC2CCCC2)cc1. The number of carbonyl (C=O) groups is 1. The molecule has 25 heavy (non-hydrogen) atoms. The van der Waals surface area contributed by atoms with Crippen LogP contribution in [-0.4, -0.2) is 12.0 Å². The molecule has 0 unspecified atom stereocenters. The maximum absolute atomic E-state index is 12.1. The molecule has 2 aromatic carbocycles. The lowest BCUT2D eigenvalue weighted by atomic mass is 10.1. The number of anilines is 1. The molecule has 0 bridgehead atoms. The van der Waals surface area contributed by atoms with Crippen LogP contribution in [0.5, 0.6) is 5.75 Å². The van der Waals surface area contributed by atoms with Crippen molar-refractivity contribution in [2.24, 2.45) is 0 Å². The highest BCUT2D eigenvalue weighted by Crippen LogP contribution is 2.26. The standard InChI is InChI=1S/C20H21Cl2NO2/c21-18-6-3-7-19(22)17(18)12-13-20(24)23-14-8-10-16(11-9-14)25-15-4-1-2-5-15/h3,6-11,15H,1-2,4-5,12-13H2,(H,23,24). The number of rotatable bonds is 6. The summed E-state index contributed by atoms with van der Waals surface area (Å²) in [4.78, 5) is 12.1. The van der Waals surface area contributed by atoms with Gasteiger partial charge < -0.3 is 10.1 Å². The molecule has 0 heterocycles. The molecule has 0 atom stereocenters. The van der Waals surface area contributed by atoms with Crippen molar-refractivity contribution in [3.63, 3.8) is 0 Å². The van der Waals surface area contributed by atoms with Crippen molar-refractivity contribution in [3.8, 4) is 5.75 Å². The summed E-state index contributed by atoms with van der Waals surface area (Å²) in [6.07, 6.45) is 5.91. The maximum Gasteiger partial charge on any atom is 0.224 e. The van der Waals surface area contributed by atoms with E-state index in [-0.39, 0.29) is 5.91 Å². The second-order valence-corrected chi connectivity index (χ2v) is 7.11. The van der Waals surface area contributed by atoms with Gasteiger partial charge in [0, 0.05) is 22.2 Å². The van der Waals surface area contributed by atoms with E-state index in [4.69, 9.17) is 27.9 Å². The smallest absolute Gasteiger partial charge is 0.224 e. The monoisotopic (exact) mass is 377 g/mol. The highest BCUT2D eigenvalue weighted by Gasteiger charge is 2.16. The van der Waals surface area contributed by atoms with Crippen molar-refractivity contribution in [1.29, 1.82) is 0 Å². The first kappa shape index (κ1) is 18.1. The lowest BCUT2D eigenvalue weighted by molar-refractivity contribution is -0.116. The fourth-order valence-corrected chi connectivity index (χ4v) is 3.64. The molecule has 1 saturated carbocycles. The molecule has 0 radical (unpaired) electrons. The predicted octanol–water partition coefficient (Wildman–Crippen LogP) is 5.89. The summed E-state index contributed by atoms with van der Waals surface area (Å²) in [5.74, 6) is 0.785. The Hall–Kier alpha value is -1.71. The van der Waals surface area contributed by atoms with E-state index in [0.717, 1.165) is 29.8 Å². The number of hydrogen-bond donors (Lipinski definition) is 1. The fraction of sp³-hybridized carbons (Fsp3) is 0.350. The number of nitrogens with one attached hydrogen (secondary N) is 1. The molecule has 0 aliphatic heterocycles. The zero-order valence-electron chi connectivity index (χ0n) is 13.9. The Morgan fingerprint density at radius 2 is 1.68 bits per heavy atom. The van der Waals surface area contributed by atoms with E-state index in [0.29, 0.717) is 29.0 Å². The molecule has 1 N–H and O–H groups in total. The van der Waals surface area contributed by atoms with E-state index < -0.39 is 0 Å². The number of benzene rings is 2. The molecule has 3 nitrogen and oxygen atoms in total. The molecular weight excluding hydrogens is 357 g/mol. The molecule has 0 spiro atoms. The number of hydrogen-bond acceptors (Lipinski definition) is 2. The van der Waals surface area contributed by atoms with Crippen molar-refractivity contribution >= 4 is 34.8 Å². The molecule has 0 aromatic heterocycles. The second kappa shape index (κ2) is 8.59. The van der Waals surface area contributed by atoms with Gasteiger partial charge in [-0.1, -0.05) is 29.3 Å². The molecule has 1 amide bonds. The molecule has 2 aromatic rings. The summed E-state index contributed by atoms with van der Waals surface area (Å²) >= 11 is 12.3. The average molecular weight is 378 g/mol. The molecule has 1 aliphatic rings. The van der Waals surface area contributed by atoms with Crippen LogP contribution in [-0.2, 0) is 11.2 Å². The Morgan fingerprint density at radius 3 is 2.32 bits per heavy atom. The average Bonchev–Trinajstić information content (AvgIpc) is 3.09. The van der Waals surface area contributed by atoms with Crippen molar-refractivity contribution in [2.45, 2.75) is 44.6 Å². The summed E-state index contributed by atoms with van der Waals surface area (Å²) in [6, 6.07) is 12.9. The van der Waals surface area contributed by atoms with Crippen LogP contribution in [0, 0.1) is 0 Å². The lowest BCUT2D eigenvalue weighted by Gasteiger charge is -2.13. The highest BCUT2D eigenvalue weighted by atomic mass is 35.5. The molecular formula is C20H21Cl2NO2. The summed E-state index contributed by atoms with van der Waals surface area (Å²) in [5, 5.41) is 4.07. The normalized spacial score (nSPS) is 14.5. The second-order valence-electron chi connectivity index (χ2n) is 6.30. The van der Waals surface area contributed by atoms with Gasteiger partial charge in [-0.2, -0.15) is 0 Å². The highest BCUT2D eigenvalue weighted by molar-refractivity contribution is 6.36. The quantitative estimate of drug-likeness (QED) is 0.681. The van der Waals surface area contributed by atoms with Crippen LogP contribution in [0.4, 0.5) is 5.69 Å². The van der Waals surface area contributed by atoms with E-state index in [1.807, 2.05) is 24.3 Å². The minimum atomic E-state index is -0.0690. The van der Waals surface area contributed by atoms with Crippen molar-refractivity contribution in [2.75, 3.05) is 5.32 Å². The zero-order valence-corrected chi connectivity index (χ0v) is 15.4. The van der Waals surface area contributed by atoms with Gasteiger partial charge in [0.2, 0.25) is 5.91 Å². The van der Waals surface area contributed by atoms with Gasteiger partial charge in [0.1, 0.15) is 5.75 Å². The van der Waals surface area contributed by atoms with Crippen molar-refractivity contribution in [3.05, 3.63) is 58.1 Å². The minimum absolute atomic E-state index is 0.0690. The van der Waals surface area contributed by atoms with Gasteiger partial charge in [0.05, 0.1) is 6.10 Å². The fourth-order valence-electron chi connectivity index (χ4n) is 3.05. The van der Waals surface area contributed by atoms with Crippen LogP contribution >= 0.6 is 23.2 Å². The first-order chi connectivity index (χ1) is 12.1. The maximum atomic E-state index is 12.1. The third-order valence-corrected chi connectivity index (χ3v) is 5.11. The Morgan fingerprint density at radius 1 is 1.04 bits per heavy atom. The van der Waals surface area contributed by atoms with Crippen LogP contribution < -0.4 is 10.1 Å². The Labute approximate surface area is 158 Å². The molecule has 0 saturated heterocycles. The minimum Gasteiger partial charge on any atom is -0.490 e. The lowest BCUT2D eigenvalue weighted by Crippen LogP contribution is -2.13. The van der Waals surface area contributed by atoms with Gasteiger partial charge in [-0.25, -0.2) is 0 Å².